The van der Waals surface area contributed by atoms with Gasteiger partial charge in [0.05, 0.1) is 13.2 Å². The van der Waals surface area contributed by atoms with Gasteiger partial charge >= 0.3 is 7.12 Å². The first kappa shape index (κ1) is 15.5. The molecule has 1 aromatic carbocycles. The van der Waals surface area contributed by atoms with Crippen molar-refractivity contribution in [2.75, 3.05) is 13.7 Å². The molecule has 1 saturated carbocycles. The summed E-state index contributed by atoms with van der Waals surface area (Å²) in [4.78, 5) is 4.37. The van der Waals surface area contributed by atoms with Crippen LogP contribution in [-0.2, 0) is 4.65 Å². The molecule has 5 nitrogen and oxygen atoms in total. The molecule has 2 aliphatic rings. The van der Waals surface area contributed by atoms with Crippen LogP contribution in [0.4, 0.5) is 0 Å². The number of aromatic nitrogens is 1. The Morgan fingerprint density at radius 1 is 1.17 bits per heavy atom. The molecule has 0 bridgehead atoms. The monoisotopic (exact) mass is 325 g/mol. The molecule has 1 atom stereocenters. The van der Waals surface area contributed by atoms with Gasteiger partial charge in [-0.1, -0.05) is 6.07 Å². The normalized spacial score (nSPS) is 20.2. The second-order valence-electron chi connectivity index (χ2n) is 6.41. The summed E-state index contributed by atoms with van der Waals surface area (Å²) in [5.41, 5.74) is 3.15. The van der Waals surface area contributed by atoms with Gasteiger partial charge in [-0.15, -0.1) is 0 Å². The molecule has 1 saturated heterocycles. The first-order chi connectivity index (χ1) is 11.7. The van der Waals surface area contributed by atoms with Crippen molar-refractivity contribution in [3.05, 3.63) is 42.2 Å². The Labute approximate surface area is 141 Å². The lowest BCUT2D eigenvalue weighted by Gasteiger charge is -2.13. The van der Waals surface area contributed by atoms with Crippen LogP contribution < -0.4 is 9.47 Å². The molecular formula is C18H20BNO4. The summed E-state index contributed by atoms with van der Waals surface area (Å²) in [7, 11) is 0.987. The third-order valence-electron chi connectivity index (χ3n) is 4.52. The van der Waals surface area contributed by atoms with Gasteiger partial charge in [-0.05, 0) is 48.5 Å². The fraction of sp³-hybridized carbons (Fsp3) is 0.389. The third kappa shape index (κ3) is 3.25. The molecular weight excluding hydrogens is 305 g/mol. The van der Waals surface area contributed by atoms with Crippen molar-refractivity contribution in [3.63, 3.8) is 0 Å². The minimum atomic E-state index is -0.668. The van der Waals surface area contributed by atoms with E-state index in [0.717, 1.165) is 41.0 Å². The standard InChI is InChI=1S/C18H20BNO4/c1-22-17-5-2-12(7-18(17)24-16-3-4-16)13-6-14(10-20-9-13)15-8-19(21)23-11-15/h2,5-7,9-10,15-16,21H,3-4,8,11H2,1H3/t15-/m1/s1. The van der Waals surface area contributed by atoms with Gasteiger partial charge < -0.3 is 19.2 Å². The van der Waals surface area contributed by atoms with Gasteiger partial charge in [0.2, 0.25) is 0 Å². The summed E-state index contributed by atoms with van der Waals surface area (Å²) in [6.45, 7) is 0.533. The van der Waals surface area contributed by atoms with Crippen LogP contribution in [0.15, 0.2) is 36.7 Å². The van der Waals surface area contributed by atoms with Gasteiger partial charge in [0, 0.05) is 30.5 Å². The number of nitrogens with zero attached hydrogens (tertiary/aromatic N) is 1. The van der Waals surface area contributed by atoms with Gasteiger partial charge in [0.25, 0.3) is 0 Å². The average molecular weight is 325 g/mol. The van der Waals surface area contributed by atoms with Crippen molar-refractivity contribution < 1.29 is 19.2 Å². The number of hydrogen-bond donors (Lipinski definition) is 1. The molecule has 2 fully saturated rings. The maximum absolute atomic E-state index is 9.56. The van der Waals surface area contributed by atoms with Crippen LogP contribution in [0.5, 0.6) is 11.5 Å². The maximum atomic E-state index is 9.56. The van der Waals surface area contributed by atoms with E-state index in [1.807, 2.05) is 30.6 Å². The van der Waals surface area contributed by atoms with E-state index in [1.54, 1.807) is 7.11 Å². The Bertz CT molecular complexity index is 735. The highest BCUT2D eigenvalue weighted by molar-refractivity contribution is 6.43. The molecule has 2 heterocycles. The van der Waals surface area contributed by atoms with Crippen molar-refractivity contribution in [3.8, 4) is 22.6 Å². The highest BCUT2D eigenvalue weighted by Crippen LogP contribution is 2.37. The Morgan fingerprint density at radius 2 is 2.04 bits per heavy atom. The van der Waals surface area contributed by atoms with Crippen LogP contribution >= 0.6 is 0 Å². The summed E-state index contributed by atoms with van der Waals surface area (Å²) in [6.07, 6.45) is 6.84. The molecule has 1 N–H and O–H groups in total. The quantitative estimate of drug-likeness (QED) is 0.857. The summed E-state index contributed by atoms with van der Waals surface area (Å²) in [5, 5.41) is 9.56. The van der Waals surface area contributed by atoms with Gasteiger partial charge in [0.1, 0.15) is 0 Å². The van der Waals surface area contributed by atoms with Crippen molar-refractivity contribution in [2.45, 2.75) is 31.2 Å². The molecule has 6 heteroatoms. The van der Waals surface area contributed by atoms with Crippen LogP contribution in [0, 0.1) is 0 Å². The predicted molar refractivity (Wildman–Crippen MR) is 91.3 cm³/mol. The lowest BCUT2D eigenvalue weighted by molar-refractivity contribution is 0.282. The fourth-order valence-electron chi connectivity index (χ4n) is 2.99. The van der Waals surface area contributed by atoms with E-state index in [9.17, 15) is 5.02 Å². The second kappa shape index (κ2) is 6.45. The first-order valence-corrected chi connectivity index (χ1v) is 8.32. The van der Waals surface area contributed by atoms with E-state index >= 15 is 0 Å². The fourth-order valence-corrected chi connectivity index (χ4v) is 2.99. The molecule has 24 heavy (non-hydrogen) atoms. The van der Waals surface area contributed by atoms with Crippen LogP contribution in [0.25, 0.3) is 11.1 Å². The van der Waals surface area contributed by atoms with E-state index in [1.165, 1.54) is 0 Å². The predicted octanol–water partition coefficient (Wildman–Crippen LogP) is 2.89. The number of hydrogen-bond acceptors (Lipinski definition) is 5. The average Bonchev–Trinajstić information content (AvgIpc) is 3.32. The molecule has 1 aliphatic carbocycles. The van der Waals surface area contributed by atoms with E-state index in [4.69, 9.17) is 14.1 Å². The van der Waals surface area contributed by atoms with Crippen molar-refractivity contribution >= 4 is 7.12 Å². The van der Waals surface area contributed by atoms with Gasteiger partial charge in [-0.2, -0.15) is 0 Å². The van der Waals surface area contributed by atoms with E-state index in [2.05, 4.69) is 11.1 Å². The number of benzene rings is 1. The number of ether oxygens (including phenoxy) is 2. The largest absolute Gasteiger partial charge is 0.493 e. The smallest absolute Gasteiger partial charge is 0.454 e. The Morgan fingerprint density at radius 3 is 2.75 bits per heavy atom. The minimum Gasteiger partial charge on any atom is -0.493 e. The van der Waals surface area contributed by atoms with Crippen LogP contribution in [0.2, 0.25) is 6.32 Å². The Balaban J connectivity index is 1.63. The van der Waals surface area contributed by atoms with Crippen molar-refractivity contribution in [2.24, 2.45) is 0 Å². The molecule has 0 amide bonds. The highest BCUT2D eigenvalue weighted by Gasteiger charge is 2.30. The minimum absolute atomic E-state index is 0.188. The van der Waals surface area contributed by atoms with Gasteiger partial charge in [0.15, 0.2) is 11.5 Å². The molecule has 1 aliphatic heterocycles. The zero-order valence-corrected chi connectivity index (χ0v) is 13.6. The van der Waals surface area contributed by atoms with Crippen LogP contribution in [0.1, 0.15) is 24.3 Å². The Hall–Kier alpha value is -2.05. The van der Waals surface area contributed by atoms with Crippen LogP contribution in [-0.4, -0.2) is 36.9 Å². The molecule has 124 valence electrons. The summed E-state index contributed by atoms with van der Waals surface area (Å²) in [6, 6.07) is 8.07. The molecule has 1 aromatic heterocycles. The third-order valence-corrected chi connectivity index (χ3v) is 4.52. The molecule has 0 unspecified atom stereocenters. The zero-order valence-electron chi connectivity index (χ0n) is 13.6. The van der Waals surface area contributed by atoms with Gasteiger partial charge in [-0.3, -0.25) is 4.98 Å². The number of pyridine rings is 1. The molecule has 2 aromatic rings. The number of methoxy groups -OCH3 is 1. The summed E-state index contributed by atoms with van der Waals surface area (Å²) in [5.74, 6) is 1.72. The second-order valence-corrected chi connectivity index (χ2v) is 6.41. The maximum Gasteiger partial charge on any atom is 0.454 e. The molecule has 0 spiro atoms. The SMILES string of the molecule is COc1ccc(-c2cncc([C@H]3COB(O)C3)c2)cc1OC1CC1. The van der Waals surface area contributed by atoms with Crippen molar-refractivity contribution in [1.29, 1.82) is 0 Å². The summed E-state index contributed by atoms with van der Waals surface area (Å²) >= 11 is 0. The van der Waals surface area contributed by atoms with E-state index in [0.29, 0.717) is 19.0 Å². The first-order valence-electron chi connectivity index (χ1n) is 8.32. The zero-order chi connectivity index (χ0) is 16.5. The molecule has 0 radical (unpaired) electrons. The summed E-state index contributed by atoms with van der Waals surface area (Å²) < 4.78 is 16.6. The highest BCUT2D eigenvalue weighted by atomic mass is 16.5. The van der Waals surface area contributed by atoms with Crippen LogP contribution in [0.3, 0.4) is 0 Å². The number of rotatable bonds is 5. The Kier molecular flexibility index (Phi) is 4.16. The van der Waals surface area contributed by atoms with E-state index < -0.39 is 7.12 Å². The lowest BCUT2D eigenvalue weighted by atomic mass is 9.80. The van der Waals surface area contributed by atoms with E-state index in [-0.39, 0.29) is 5.92 Å². The lowest BCUT2D eigenvalue weighted by Crippen LogP contribution is -2.07. The topological polar surface area (TPSA) is 60.8 Å². The van der Waals surface area contributed by atoms with Crippen molar-refractivity contribution in [1.82, 2.24) is 4.98 Å². The molecule has 4 rings (SSSR count). The van der Waals surface area contributed by atoms with Gasteiger partial charge in [-0.25, -0.2) is 0 Å².